The zero-order valence-electron chi connectivity index (χ0n) is 17.4. The molecule has 1 N–H and O–H groups in total. The fourth-order valence-electron chi connectivity index (χ4n) is 3.56. The Kier molecular flexibility index (Phi) is 5.06. The standard InChI is InChI=1S/C24H20ClN3O4/c1-24(6-7-24)32-21(29)10-14-9-15-11-19(28-22(15)26-13-14)17-12-16(4-5-18(17)25)27-23(30)20-3-2-8-31-20/h2-5,8-9,12-13H,6-7,10-11H2,1H3,(H,27,30). The number of aliphatic imine (C=N–C) groups is 1. The lowest BCUT2D eigenvalue weighted by Crippen LogP contribution is -2.17. The highest BCUT2D eigenvalue weighted by Crippen LogP contribution is 2.39. The van der Waals surface area contributed by atoms with Gasteiger partial charge in [-0.1, -0.05) is 11.6 Å². The molecule has 8 heteroatoms. The predicted molar refractivity (Wildman–Crippen MR) is 120 cm³/mol. The molecule has 32 heavy (non-hydrogen) atoms. The molecule has 1 aliphatic carbocycles. The molecule has 0 unspecified atom stereocenters. The molecule has 5 rings (SSSR count). The Labute approximate surface area is 189 Å². The van der Waals surface area contributed by atoms with Crippen molar-refractivity contribution in [2.45, 2.75) is 38.2 Å². The zero-order chi connectivity index (χ0) is 22.3. The lowest BCUT2D eigenvalue weighted by molar-refractivity contribution is -0.149. The van der Waals surface area contributed by atoms with Gasteiger partial charge >= 0.3 is 5.97 Å². The van der Waals surface area contributed by atoms with E-state index in [9.17, 15) is 9.59 Å². The summed E-state index contributed by atoms with van der Waals surface area (Å²) in [5.41, 5.74) is 3.46. The van der Waals surface area contributed by atoms with Crippen LogP contribution < -0.4 is 5.32 Å². The minimum atomic E-state index is -0.349. The minimum absolute atomic E-state index is 0.181. The van der Waals surface area contributed by atoms with Gasteiger partial charge in [-0.2, -0.15) is 0 Å². The molecule has 162 valence electrons. The largest absolute Gasteiger partial charge is 0.459 e. The molecule has 0 bridgehead atoms. The van der Waals surface area contributed by atoms with Gasteiger partial charge in [-0.15, -0.1) is 0 Å². The fraction of sp³-hybridized carbons (Fsp3) is 0.250. The SMILES string of the molecule is CC1(OC(=O)Cc2cnc3c(c2)CC(c2cc(NC(=O)c4ccco4)ccc2Cl)=N3)CC1. The van der Waals surface area contributed by atoms with Crippen LogP contribution in [0, 0.1) is 0 Å². The van der Waals surface area contributed by atoms with Crippen LogP contribution in [0.15, 0.2) is 58.3 Å². The van der Waals surface area contributed by atoms with E-state index in [2.05, 4.69) is 15.3 Å². The summed E-state index contributed by atoms with van der Waals surface area (Å²) in [7, 11) is 0. The summed E-state index contributed by atoms with van der Waals surface area (Å²) < 4.78 is 10.6. The molecule has 1 aromatic carbocycles. The van der Waals surface area contributed by atoms with Crippen LogP contribution in [0.1, 0.15) is 47.0 Å². The van der Waals surface area contributed by atoms with Crippen molar-refractivity contribution in [1.82, 2.24) is 4.98 Å². The topological polar surface area (TPSA) is 93.8 Å². The summed E-state index contributed by atoms with van der Waals surface area (Å²) in [6.45, 7) is 1.95. The van der Waals surface area contributed by atoms with Crippen LogP contribution in [0.3, 0.4) is 0 Å². The molecule has 1 amide bonds. The van der Waals surface area contributed by atoms with E-state index in [1.54, 1.807) is 36.5 Å². The first kappa shape index (κ1) is 20.5. The van der Waals surface area contributed by atoms with Gasteiger partial charge in [-0.3, -0.25) is 9.59 Å². The molecule has 1 saturated carbocycles. The molecule has 2 aromatic heterocycles. The van der Waals surface area contributed by atoms with Gasteiger partial charge in [0.1, 0.15) is 5.60 Å². The van der Waals surface area contributed by atoms with Crippen molar-refractivity contribution in [3.05, 3.63) is 76.3 Å². The number of rotatable bonds is 6. The third-order valence-electron chi connectivity index (χ3n) is 5.54. The average molecular weight is 450 g/mol. The molecule has 0 radical (unpaired) electrons. The van der Waals surface area contributed by atoms with Crippen LogP contribution in [-0.4, -0.2) is 28.2 Å². The first-order valence-electron chi connectivity index (χ1n) is 10.3. The number of anilines is 1. The third-order valence-corrected chi connectivity index (χ3v) is 5.87. The van der Waals surface area contributed by atoms with Crippen molar-refractivity contribution in [1.29, 1.82) is 0 Å². The molecule has 0 saturated heterocycles. The molecule has 3 heterocycles. The van der Waals surface area contributed by atoms with Crippen molar-refractivity contribution < 1.29 is 18.7 Å². The van der Waals surface area contributed by atoms with Crippen molar-refractivity contribution in [2.24, 2.45) is 4.99 Å². The van der Waals surface area contributed by atoms with Gasteiger partial charge in [-0.25, -0.2) is 9.98 Å². The lowest BCUT2D eigenvalue weighted by atomic mass is 10.0. The van der Waals surface area contributed by atoms with Gasteiger partial charge in [0.15, 0.2) is 11.6 Å². The predicted octanol–water partition coefficient (Wildman–Crippen LogP) is 4.90. The van der Waals surface area contributed by atoms with E-state index < -0.39 is 0 Å². The number of ether oxygens (including phenoxy) is 1. The summed E-state index contributed by atoms with van der Waals surface area (Å²) in [5.74, 6) is 0.234. The van der Waals surface area contributed by atoms with E-state index in [0.29, 0.717) is 28.5 Å². The van der Waals surface area contributed by atoms with Gasteiger partial charge in [0.25, 0.3) is 5.91 Å². The summed E-state index contributed by atoms with van der Waals surface area (Å²) in [6, 6.07) is 10.4. The molecule has 2 aliphatic rings. The molecule has 0 atom stereocenters. The van der Waals surface area contributed by atoms with Crippen LogP contribution in [0.5, 0.6) is 0 Å². The second-order valence-electron chi connectivity index (χ2n) is 8.29. The van der Waals surface area contributed by atoms with E-state index in [4.69, 9.17) is 20.8 Å². The maximum absolute atomic E-state index is 12.3. The summed E-state index contributed by atoms with van der Waals surface area (Å²) in [5, 5.41) is 3.32. The number of carbonyl (C=O) groups is 2. The monoisotopic (exact) mass is 449 g/mol. The smallest absolute Gasteiger partial charge is 0.310 e. The normalized spacial score (nSPS) is 15.6. The van der Waals surface area contributed by atoms with Crippen LogP contribution >= 0.6 is 11.6 Å². The quantitative estimate of drug-likeness (QED) is 0.540. The Morgan fingerprint density at radius 2 is 2.09 bits per heavy atom. The number of hydrogen-bond donors (Lipinski definition) is 1. The maximum atomic E-state index is 12.3. The number of fused-ring (bicyclic) bond motifs is 1. The highest BCUT2D eigenvalue weighted by atomic mass is 35.5. The second kappa shape index (κ2) is 7.91. The Morgan fingerprint density at radius 1 is 1.25 bits per heavy atom. The van der Waals surface area contributed by atoms with Crippen molar-refractivity contribution in [3.63, 3.8) is 0 Å². The summed E-state index contributed by atoms with van der Waals surface area (Å²) in [6.07, 6.45) is 5.64. The molecular weight excluding hydrogens is 430 g/mol. The molecule has 1 fully saturated rings. The first-order valence-corrected chi connectivity index (χ1v) is 10.7. The summed E-state index contributed by atoms with van der Waals surface area (Å²) >= 11 is 6.43. The van der Waals surface area contributed by atoms with Gasteiger partial charge in [0.2, 0.25) is 0 Å². The van der Waals surface area contributed by atoms with Gasteiger partial charge < -0.3 is 14.5 Å². The molecular formula is C24H20ClN3O4. The van der Waals surface area contributed by atoms with Crippen LogP contribution in [0.4, 0.5) is 11.5 Å². The average Bonchev–Trinajstić information content (AvgIpc) is 3.16. The maximum Gasteiger partial charge on any atom is 0.310 e. The second-order valence-corrected chi connectivity index (χ2v) is 8.70. The number of carbonyl (C=O) groups excluding carboxylic acids is 2. The summed E-state index contributed by atoms with van der Waals surface area (Å²) in [4.78, 5) is 33.5. The lowest BCUT2D eigenvalue weighted by Gasteiger charge is -2.11. The van der Waals surface area contributed by atoms with Crippen molar-refractivity contribution in [3.8, 4) is 0 Å². The number of furan rings is 1. The molecule has 7 nitrogen and oxygen atoms in total. The Balaban J connectivity index is 1.30. The first-order chi connectivity index (χ1) is 15.4. The molecule has 1 aliphatic heterocycles. The van der Waals surface area contributed by atoms with E-state index in [1.165, 1.54) is 6.26 Å². The Morgan fingerprint density at radius 3 is 2.84 bits per heavy atom. The number of halogens is 1. The van der Waals surface area contributed by atoms with Gasteiger partial charge in [0.05, 0.1) is 18.4 Å². The number of hydrogen-bond acceptors (Lipinski definition) is 6. The number of nitrogens with zero attached hydrogens (tertiary/aromatic N) is 2. The number of pyridine rings is 1. The Hall–Kier alpha value is -3.45. The Bertz CT molecular complexity index is 1250. The highest BCUT2D eigenvalue weighted by Gasteiger charge is 2.41. The highest BCUT2D eigenvalue weighted by molar-refractivity contribution is 6.34. The number of amides is 1. The van der Waals surface area contributed by atoms with Crippen molar-refractivity contribution in [2.75, 3.05) is 5.32 Å². The number of aromatic nitrogens is 1. The van der Waals surface area contributed by atoms with Crippen LogP contribution in [-0.2, 0) is 22.4 Å². The van der Waals surface area contributed by atoms with E-state index in [-0.39, 0.29) is 29.7 Å². The minimum Gasteiger partial charge on any atom is -0.459 e. The van der Waals surface area contributed by atoms with Crippen LogP contribution in [0.25, 0.3) is 0 Å². The number of benzene rings is 1. The van der Waals surface area contributed by atoms with Crippen LogP contribution in [0.2, 0.25) is 5.02 Å². The van der Waals surface area contributed by atoms with Crippen molar-refractivity contribution >= 4 is 40.7 Å². The number of nitrogens with one attached hydrogen (secondary N) is 1. The molecule has 3 aromatic rings. The van der Waals surface area contributed by atoms with E-state index >= 15 is 0 Å². The van der Waals surface area contributed by atoms with E-state index in [1.807, 2.05) is 13.0 Å². The fourth-order valence-corrected chi connectivity index (χ4v) is 3.79. The number of esters is 1. The molecule has 0 spiro atoms. The van der Waals surface area contributed by atoms with Gasteiger partial charge in [0, 0.05) is 34.5 Å². The zero-order valence-corrected chi connectivity index (χ0v) is 18.1. The van der Waals surface area contributed by atoms with Gasteiger partial charge in [-0.05, 0) is 61.7 Å². The van der Waals surface area contributed by atoms with E-state index in [0.717, 1.165) is 29.7 Å². The third kappa shape index (κ3) is 4.29.